The highest BCUT2D eigenvalue weighted by Gasteiger charge is 2.39. The number of piperidine rings is 1. The lowest BCUT2D eigenvalue weighted by atomic mass is 10.1. The Morgan fingerprint density at radius 3 is 2.28 bits per heavy atom. The number of hydrogen-bond acceptors (Lipinski definition) is 4. The van der Waals surface area contributed by atoms with Gasteiger partial charge < -0.3 is 5.32 Å². The number of nitrogens with one attached hydrogen (secondary N) is 1. The van der Waals surface area contributed by atoms with Gasteiger partial charge in [-0.2, -0.15) is 0 Å². The summed E-state index contributed by atoms with van der Waals surface area (Å²) in [7, 11) is -3.13. The molecule has 0 aromatic carbocycles. The lowest BCUT2D eigenvalue weighted by Gasteiger charge is -2.34. The minimum atomic E-state index is -3.13. The van der Waals surface area contributed by atoms with Crippen LogP contribution < -0.4 is 5.32 Å². The number of sulfonamides is 1. The maximum atomic E-state index is 11.9. The molecule has 0 spiro atoms. The number of carbonyl (C=O) groups excluding carboxylic acids is 1. The lowest BCUT2D eigenvalue weighted by Crippen LogP contribution is -2.48. The molecular weight excluding hydrogens is 274 g/mol. The van der Waals surface area contributed by atoms with Gasteiger partial charge in [0.25, 0.3) is 5.91 Å². The molecule has 0 bridgehead atoms. The predicted molar refractivity (Wildman–Crippen MR) is 71.5 cm³/mol. The average molecular weight is 291 g/mol. The highest BCUT2D eigenvalue weighted by atomic mass is 32.2. The molecule has 8 heteroatoms. The Bertz CT molecular complexity index is 469. The first kappa shape index (κ1) is 13.7. The first-order valence-corrected chi connectivity index (χ1v) is 8.15. The fraction of sp³-hybridized carbons (Fsp3) is 0.800. The zero-order valence-electron chi connectivity index (χ0n) is 10.4. The molecule has 0 radical (unpaired) electrons. The molecule has 6 nitrogen and oxygen atoms in total. The van der Waals surface area contributed by atoms with Crippen LogP contribution in [0.3, 0.4) is 0 Å². The summed E-state index contributed by atoms with van der Waals surface area (Å²) in [6.07, 6.45) is 2.48. The van der Waals surface area contributed by atoms with Gasteiger partial charge in [-0.25, -0.2) is 12.7 Å². The quantitative estimate of drug-likeness (QED) is 0.696. The van der Waals surface area contributed by atoms with Crippen molar-refractivity contribution in [2.45, 2.75) is 31.8 Å². The van der Waals surface area contributed by atoms with Gasteiger partial charge in [0.05, 0.1) is 6.26 Å². The van der Waals surface area contributed by atoms with Crippen molar-refractivity contribution in [3.8, 4) is 0 Å². The molecule has 0 aromatic heterocycles. The fourth-order valence-electron chi connectivity index (χ4n) is 2.40. The third-order valence-corrected chi connectivity index (χ3v) is 5.04. The van der Waals surface area contributed by atoms with E-state index in [0.29, 0.717) is 31.0 Å². The largest absolute Gasteiger partial charge is 0.351 e. The van der Waals surface area contributed by atoms with Crippen LogP contribution in [0.4, 0.5) is 0 Å². The van der Waals surface area contributed by atoms with Gasteiger partial charge in [-0.15, -0.1) is 0 Å². The molecule has 18 heavy (non-hydrogen) atoms. The van der Waals surface area contributed by atoms with Gasteiger partial charge in [0.15, 0.2) is 5.11 Å². The van der Waals surface area contributed by atoms with Gasteiger partial charge in [-0.3, -0.25) is 9.69 Å². The summed E-state index contributed by atoms with van der Waals surface area (Å²) >= 11 is 5.14. The van der Waals surface area contributed by atoms with Crippen molar-refractivity contribution >= 4 is 33.3 Å². The van der Waals surface area contributed by atoms with E-state index in [1.54, 1.807) is 11.8 Å². The van der Waals surface area contributed by atoms with Crippen LogP contribution >= 0.6 is 12.2 Å². The van der Waals surface area contributed by atoms with E-state index in [1.165, 1.54) is 10.6 Å². The topological polar surface area (TPSA) is 69.7 Å². The van der Waals surface area contributed by atoms with Crippen molar-refractivity contribution in [1.82, 2.24) is 14.5 Å². The predicted octanol–water partition coefficient (Wildman–Crippen LogP) is -0.484. The molecule has 2 aliphatic rings. The van der Waals surface area contributed by atoms with Crippen molar-refractivity contribution < 1.29 is 13.2 Å². The van der Waals surface area contributed by atoms with Crippen molar-refractivity contribution in [2.24, 2.45) is 0 Å². The number of nitrogens with zero attached hydrogens (tertiary/aromatic N) is 2. The first-order valence-electron chi connectivity index (χ1n) is 5.89. The Kier molecular flexibility index (Phi) is 3.61. The molecule has 2 saturated heterocycles. The molecule has 1 amide bonds. The van der Waals surface area contributed by atoms with Gasteiger partial charge in [0.1, 0.15) is 6.04 Å². The molecule has 0 aromatic rings. The normalized spacial score (nSPS) is 27.7. The highest BCUT2D eigenvalue weighted by molar-refractivity contribution is 7.88. The fourth-order valence-corrected chi connectivity index (χ4v) is 3.69. The molecule has 1 N–H and O–H groups in total. The number of carbonyl (C=O) groups is 1. The minimum absolute atomic E-state index is 0.0143. The number of hydrogen-bond donors (Lipinski definition) is 1. The molecule has 2 heterocycles. The van der Waals surface area contributed by atoms with E-state index in [2.05, 4.69) is 5.32 Å². The summed E-state index contributed by atoms with van der Waals surface area (Å²) < 4.78 is 24.3. The smallest absolute Gasteiger partial charge is 0.251 e. The summed E-state index contributed by atoms with van der Waals surface area (Å²) in [5.41, 5.74) is 0. The molecule has 0 aliphatic carbocycles. The second kappa shape index (κ2) is 4.75. The third-order valence-electron chi connectivity index (χ3n) is 3.42. The van der Waals surface area contributed by atoms with Crippen molar-refractivity contribution in [3.63, 3.8) is 0 Å². The van der Waals surface area contributed by atoms with Gasteiger partial charge in [0, 0.05) is 19.1 Å². The molecular formula is C10H17N3O3S2. The maximum Gasteiger partial charge on any atom is 0.251 e. The minimum Gasteiger partial charge on any atom is -0.351 e. The highest BCUT2D eigenvalue weighted by Crippen LogP contribution is 2.21. The van der Waals surface area contributed by atoms with Gasteiger partial charge in [-0.05, 0) is 32.0 Å². The lowest BCUT2D eigenvalue weighted by molar-refractivity contribution is -0.128. The molecule has 102 valence electrons. The van der Waals surface area contributed by atoms with Crippen LogP contribution in [0.25, 0.3) is 0 Å². The summed E-state index contributed by atoms with van der Waals surface area (Å²) in [6.45, 7) is 2.68. The number of rotatable bonds is 2. The average Bonchev–Trinajstić information content (AvgIpc) is 2.52. The maximum absolute atomic E-state index is 11.9. The summed E-state index contributed by atoms with van der Waals surface area (Å²) in [4.78, 5) is 13.5. The van der Waals surface area contributed by atoms with Crippen molar-refractivity contribution in [2.75, 3.05) is 19.3 Å². The van der Waals surface area contributed by atoms with Crippen molar-refractivity contribution in [3.05, 3.63) is 0 Å². The van der Waals surface area contributed by atoms with E-state index in [0.717, 1.165) is 0 Å². The molecule has 1 atom stereocenters. The standard InChI is InChI=1S/C10H17N3O3S2/c1-7-9(14)13(10(17)11-7)8-3-5-12(6-4-8)18(2,15)16/h7-8H,3-6H2,1-2H3,(H,11,17)/t7-/m1/s1. The van der Waals surface area contributed by atoms with E-state index < -0.39 is 10.0 Å². The van der Waals surface area contributed by atoms with Gasteiger partial charge in [0.2, 0.25) is 10.0 Å². The Morgan fingerprint density at radius 2 is 1.89 bits per heavy atom. The van der Waals surface area contributed by atoms with Crippen molar-refractivity contribution in [1.29, 1.82) is 0 Å². The molecule has 0 unspecified atom stereocenters. The van der Waals surface area contributed by atoms with Crippen LogP contribution in [0.15, 0.2) is 0 Å². The molecule has 2 fully saturated rings. The van der Waals surface area contributed by atoms with Crippen LogP contribution in [0, 0.1) is 0 Å². The Hall–Kier alpha value is -0.730. The second-order valence-corrected chi connectivity index (χ2v) is 7.14. The monoisotopic (exact) mass is 291 g/mol. The van der Waals surface area contributed by atoms with E-state index in [1.807, 2.05) is 0 Å². The summed E-state index contributed by atoms with van der Waals surface area (Å²) in [5.74, 6) is -0.0159. The first-order chi connectivity index (χ1) is 8.30. The van der Waals surface area contributed by atoms with E-state index in [4.69, 9.17) is 12.2 Å². The number of amides is 1. The van der Waals surface area contributed by atoms with Crippen LogP contribution in [0.5, 0.6) is 0 Å². The SMILES string of the molecule is C[C@H]1NC(=S)N(C2CCN(S(C)(=O)=O)CC2)C1=O. The third kappa shape index (κ3) is 2.50. The molecule has 2 rings (SSSR count). The van der Waals surface area contributed by atoms with Crippen LogP contribution in [0.1, 0.15) is 19.8 Å². The van der Waals surface area contributed by atoms with Crippen LogP contribution in [-0.4, -0.2) is 60.1 Å². The van der Waals surface area contributed by atoms with E-state index in [9.17, 15) is 13.2 Å². The number of thiocarbonyl (C=S) groups is 1. The van der Waals surface area contributed by atoms with E-state index in [-0.39, 0.29) is 18.0 Å². The Labute approximate surface area is 112 Å². The summed E-state index contributed by atoms with van der Waals surface area (Å²) in [6, 6.07) is -0.258. The van der Waals surface area contributed by atoms with Gasteiger partial charge >= 0.3 is 0 Å². The van der Waals surface area contributed by atoms with Crippen LogP contribution in [0.2, 0.25) is 0 Å². The second-order valence-electron chi connectivity index (χ2n) is 4.77. The Balaban J connectivity index is 2.02. The Morgan fingerprint density at radius 1 is 1.33 bits per heavy atom. The zero-order chi connectivity index (χ0) is 13.5. The molecule has 0 saturated carbocycles. The van der Waals surface area contributed by atoms with Crippen LogP contribution in [-0.2, 0) is 14.8 Å². The van der Waals surface area contributed by atoms with E-state index >= 15 is 0 Å². The molecule has 2 aliphatic heterocycles. The summed E-state index contributed by atoms with van der Waals surface area (Å²) in [5, 5.41) is 3.39. The van der Waals surface area contributed by atoms with Gasteiger partial charge in [-0.1, -0.05) is 0 Å². The zero-order valence-corrected chi connectivity index (χ0v) is 12.1.